The minimum atomic E-state index is -2.88. The Labute approximate surface area is 99.9 Å². The van der Waals surface area contributed by atoms with Crippen LogP contribution in [0.4, 0.5) is 0 Å². The second kappa shape index (κ2) is 6.05. The van der Waals surface area contributed by atoms with Gasteiger partial charge in [0.05, 0.1) is 13.7 Å². The van der Waals surface area contributed by atoms with Gasteiger partial charge in [0.2, 0.25) is 0 Å². The number of carbonyl (C=O) groups is 1. The summed E-state index contributed by atoms with van der Waals surface area (Å²) in [5.41, 5.74) is 0. The molecule has 2 unspecified atom stereocenters. The maximum absolute atomic E-state index is 12.0. The topological polar surface area (TPSA) is 64.6 Å². The maximum atomic E-state index is 12.0. The monoisotopic (exact) mass is 267 g/mol. The number of hydrogen-bond acceptors (Lipinski definition) is 5. The Morgan fingerprint density at radius 3 is 2.75 bits per heavy atom. The molecule has 1 saturated heterocycles. The van der Waals surface area contributed by atoms with Crippen molar-refractivity contribution in [2.75, 3.05) is 19.5 Å². The van der Waals surface area contributed by atoms with E-state index in [1.54, 1.807) is 0 Å². The number of hydrogen-bond donors (Lipinski definition) is 1. The van der Waals surface area contributed by atoms with E-state index in [1.807, 2.05) is 13.8 Å². The summed E-state index contributed by atoms with van der Waals surface area (Å²) in [7, 11) is 1.33. The molecule has 0 aliphatic carbocycles. The number of carbonyl (C=O) groups excluding carboxylic acids is 1. The van der Waals surface area contributed by atoms with Crippen molar-refractivity contribution >= 4 is 24.1 Å². The lowest BCUT2D eigenvalue weighted by Gasteiger charge is -2.21. The molecule has 0 radical (unpaired) electrons. The van der Waals surface area contributed by atoms with Crippen molar-refractivity contribution in [3.8, 4) is 0 Å². The highest BCUT2D eigenvalue weighted by Gasteiger charge is 2.35. The lowest BCUT2D eigenvalue weighted by molar-refractivity contribution is -0.143. The molecule has 0 amide bonds. The minimum absolute atomic E-state index is 0.316. The molecule has 2 atom stereocenters. The van der Waals surface area contributed by atoms with Crippen LogP contribution in [-0.4, -0.2) is 31.5 Å². The van der Waals surface area contributed by atoms with Crippen molar-refractivity contribution in [2.24, 2.45) is 5.92 Å². The van der Waals surface area contributed by atoms with Crippen molar-refractivity contribution < 1.29 is 18.6 Å². The Hall–Kier alpha value is -0.0300. The zero-order valence-electron chi connectivity index (χ0n) is 9.76. The van der Waals surface area contributed by atoms with Gasteiger partial charge in [-0.15, -0.1) is 0 Å². The fourth-order valence-corrected chi connectivity index (χ4v) is 5.10. The van der Waals surface area contributed by atoms with Crippen molar-refractivity contribution in [3.63, 3.8) is 0 Å². The third-order valence-electron chi connectivity index (χ3n) is 2.11. The number of rotatable bonds is 5. The molecular formula is C9H18NO4PS. The van der Waals surface area contributed by atoms with E-state index >= 15 is 0 Å². The second-order valence-corrected chi connectivity index (χ2v) is 8.39. The van der Waals surface area contributed by atoms with Crippen LogP contribution in [-0.2, 0) is 18.6 Å². The molecule has 0 bridgehead atoms. The highest BCUT2D eigenvalue weighted by Crippen LogP contribution is 2.60. The van der Waals surface area contributed by atoms with Gasteiger partial charge < -0.3 is 9.26 Å². The van der Waals surface area contributed by atoms with E-state index in [0.717, 1.165) is 0 Å². The molecule has 1 aliphatic rings. The number of esters is 1. The largest absolute Gasteiger partial charge is 0.468 e. The summed E-state index contributed by atoms with van der Waals surface area (Å²) in [6, 6.07) is -0.554. The van der Waals surface area contributed by atoms with Crippen molar-refractivity contribution in [3.05, 3.63) is 0 Å². The third-order valence-corrected chi connectivity index (χ3v) is 6.15. The smallest absolute Gasteiger partial charge is 0.327 e. The second-order valence-electron chi connectivity index (χ2n) is 4.00. The Morgan fingerprint density at radius 1 is 1.62 bits per heavy atom. The van der Waals surface area contributed by atoms with Crippen LogP contribution >= 0.6 is 18.1 Å². The number of nitrogens with one attached hydrogen (secondary N) is 1. The lowest BCUT2D eigenvalue weighted by atomic mass is 10.1. The molecule has 1 aliphatic heterocycles. The van der Waals surface area contributed by atoms with Crippen molar-refractivity contribution in [1.82, 2.24) is 5.09 Å². The summed E-state index contributed by atoms with van der Waals surface area (Å²) in [6.45, 7) is 1.57. The predicted octanol–water partition coefficient (Wildman–Crippen LogP) is 2.04. The van der Waals surface area contributed by atoms with E-state index in [4.69, 9.17) is 4.52 Å². The summed E-state index contributed by atoms with van der Waals surface area (Å²) >= 11 is 1.24. The molecule has 16 heavy (non-hydrogen) atoms. The fraction of sp³-hybridized carbons (Fsp3) is 0.889. The van der Waals surface area contributed by atoms with E-state index in [-0.39, 0.29) is 5.97 Å². The van der Waals surface area contributed by atoms with Gasteiger partial charge >= 0.3 is 12.7 Å². The highest BCUT2D eigenvalue weighted by atomic mass is 32.7. The zero-order valence-corrected chi connectivity index (χ0v) is 11.5. The quantitative estimate of drug-likeness (QED) is 0.607. The Morgan fingerprint density at radius 2 is 2.31 bits per heavy atom. The number of methoxy groups -OCH3 is 1. The molecule has 1 N–H and O–H groups in total. The van der Waals surface area contributed by atoms with E-state index in [9.17, 15) is 9.36 Å². The summed E-state index contributed by atoms with van der Waals surface area (Å²) < 4.78 is 21.9. The van der Waals surface area contributed by atoms with E-state index in [1.165, 1.54) is 18.5 Å². The summed E-state index contributed by atoms with van der Waals surface area (Å²) in [4.78, 5) is 11.5. The summed E-state index contributed by atoms with van der Waals surface area (Å²) in [5.74, 6) is 0.621. The first-order chi connectivity index (χ1) is 7.47. The van der Waals surface area contributed by atoms with Gasteiger partial charge in [-0.1, -0.05) is 25.2 Å². The van der Waals surface area contributed by atoms with Gasteiger partial charge in [0, 0.05) is 5.75 Å². The van der Waals surface area contributed by atoms with Crippen molar-refractivity contribution in [1.29, 1.82) is 0 Å². The van der Waals surface area contributed by atoms with Gasteiger partial charge in [0.25, 0.3) is 0 Å². The molecule has 94 valence electrons. The van der Waals surface area contributed by atoms with Gasteiger partial charge in [0.1, 0.15) is 6.04 Å². The van der Waals surface area contributed by atoms with Crippen LogP contribution < -0.4 is 5.09 Å². The number of ether oxygens (including phenoxy) is 1. The Bertz CT molecular complexity index is 287. The first-order valence-corrected chi connectivity index (χ1v) is 8.43. The SMILES string of the molecule is COC(=O)C(CC(C)C)NP1(=O)OCCS1. The van der Waals surface area contributed by atoms with Gasteiger partial charge in [0.15, 0.2) is 0 Å². The van der Waals surface area contributed by atoms with Crippen LogP contribution in [0, 0.1) is 5.92 Å². The average molecular weight is 267 g/mol. The van der Waals surface area contributed by atoms with Crippen LogP contribution in [0.5, 0.6) is 0 Å². The van der Waals surface area contributed by atoms with E-state index in [0.29, 0.717) is 24.7 Å². The molecule has 5 nitrogen and oxygen atoms in total. The van der Waals surface area contributed by atoms with Gasteiger partial charge in [-0.25, -0.2) is 5.09 Å². The molecule has 1 fully saturated rings. The normalized spacial score (nSPS) is 27.0. The molecule has 1 rings (SSSR count). The van der Waals surface area contributed by atoms with Gasteiger partial charge in [-0.3, -0.25) is 9.36 Å². The molecule has 7 heteroatoms. The third kappa shape index (κ3) is 4.09. The Kier molecular flexibility index (Phi) is 5.31. The van der Waals surface area contributed by atoms with Crippen LogP contribution in [0.25, 0.3) is 0 Å². The van der Waals surface area contributed by atoms with Gasteiger partial charge in [-0.2, -0.15) is 0 Å². The molecule has 0 aromatic carbocycles. The Balaban J connectivity index is 2.62. The van der Waals surface area contributed by atoms with E-state index in [2.05, 4.69) is 9.82 Å². The molecule has 0 saturated carbocycles. The average Bonchev–Trinajstić information content (AvgIpc) is 2.62. The van der Waals surface area contributed by atoms with E-state index < -0.39 is 12.8 Å². The summed E-state index contributed by atoms with van der Waals surface area (Å²) in [5, 5.41) is 2.80. The lowest BCUT2D eigenvalue weighted by Crippen LogP contribution is -2.36. The molecule has 0 aromatic heterocycles. The highest BCUT2D eigenvalue weighted by molar-refractivity contribution is 8.56. The van der Waals surface area contributed by atoms with Crippen LogP contribution in [0.15, 0.2) is 0 Å². The van der Waals surface area contributed by atoms with Crippen LogP contribution in [0.1, 0.15) is 20.3 Å². The summed E-state index contributed by atoms with van der Waals surface area (Å²) in [6.07, 6.45) is 0.584. The first-order valence-electron chi connectivity index (χ1n) is 5.21. The van der Waals surface area contributed by atoms with Crippen molar-refractivity contribution in [2.45, 2.75) is 26.3 Å². The zero-order chi connectivity index (χ0) is 12.2. The minimum Gasteiger partial charge on any atom is -0.468 e. The maximum Gasteiger partial charge on any atom is 0.327 e. The molecular weight excluding hydrogens is 249 g/mol. The molecule has 0 aromatic rings. The van der Waals surface area contributed by atoms with Crippen LogP contribution in [0.3, 0.4) is 0 Å². The molecule has 1 heterocycles. The van der Waals surface area contributed by atoms with Crippen LogP contribution in [0.2, 0.25) is 0 Å². The van der Waals surface area contributed by atoms with Gasteiger partial charge in [-0.05, 0) is 12.3 Å². The first kappa shape index (κ1) is 14.0. The standard InChI is InChI=1S/C9H18NO4PS/c1-7(2)6-8(9(11)13-3)10-15(12)14-4-5-16-15/h7-8H,4-6H2,1-3H3,(H,10,12). The fourth-order valence-electron chi connectivity index (χ4n) is 1.43. The molecule has 0 spiro atoms. The predicted molar refractivity (Wildman–Crippen MR) is 64.4 cm³/mol.